The van der Waals surface area contributed by atoms with Crippen LogP contribution < -0.4 is 5.32 Å². The molecule has 3 saturated heterocycles. The van der Waals surface area contributed by atoms with Gasteiger partial charge in [-0.3, -0.25) is 4.79 Å². The minimum atomic E-state index is -1.97. The summed E-state index contributed by atoms with van der Waals surface area (Å²) in [6.45, 7) is 1.78. The number of allylic oxidation sites excluding steroid dienone is 4. The largest absolute Gasteiger partial charge is 0.394 e. The zero-order valence-electron chi connectivity index (χ0n) is 50.5. The maximum Gasteiger partial charge on any atom is 0.220 e. The second kappa shape index (κ2) is 46.4. The minimum absolute atomic E-state index is 0.252. The maximum atomic E-state index is 13.4. The van der Waals surface area contributed by atoms with Gasteiger partial charge in [0.05, 0.1) is 38.6 Å². The van der Waals surface area contributed by atoms with Gasteiger partial charge in [-0.2, -0.15) is 0 Å². The lowest BCUT2D eigenvalue weighted by Crippen LogP contribution is -2.66. The first-order valence-corrected chi connectivity index (χ1v) is 32.6. The van der Waals surface area contributed by atoms with E-state index in [1.165, 1.54) is 135 Å². The smallest absolute Gasteiger partial charge is 0.220 e. The average molecular weight is 1180 g/mol. The number of nitrogens with one attached hydrogen (secondary N) is 1. The summed E-state index contributed by atoms with van der Waals surface area (Å²) >= 11 is 0. The molecule has 17 atom stereocenters. The van der Waals surface area contributed by atoms with E-state index in [1.807, 2.05) is 0 Å². The minimum Gasteiger partial charge on any atom is -0.394 e. The number of aliphatic hydroxyl groups excluding tert-OH is 11. The van der Waals surface area contributed by atoms with E-state index in [2.05, 4.69) is 43.5 Å². The zero-order chi connectivity index (χ0) is 59.7. The molecule has 0 aromatic heterocycles. The molecule has 3 fully saturated rings. The van der Waals surface area contributed by atoms with Gasteiger partial charge in [0.25, 0.3) is 0 Å². The summed E-state index contributed by atoms with van der Waals surface area (Å²) in [5.74, 6) is -0.255. The molecule has 17 unspecified atom stereocenters. The van der Waals surface area contributed by atoms with E-state index in [0.29, 0.717) is 12.8 Å². The second-order valence-electron chi connectivity index (χ2n) is 23.6. The van der Waals surface area contributed by atoms with Crippen LogP contribution in [0.4, 0.5) is 0 Å². The highest BCUT2D eigenvalue weighted by molar-refractivity contribution is 5.76. The Hall–Kier alpha value is -1.73. The van der Waals surface area contributed by atoms with E-state index in [1.54, 1.807) is 0 Å². The molecule has 1 amide bonds. The van der Waals surface area contributed by atoms with Crippen LogP contribution >= 0.6 is 0 Å². The molecule has 482 valence electrons. The molecule has 19 heteroatoms. The number of rotatable bonds is 49. The number of carbonyl (C=O) groups is 1. The molecule has 3 aliphatic heterocycles. The molecule has 12 N–H and O–H groups in total. The van der Waals surface area contributed by atoms with Crippen LogP contribution in [-0.2, 0) is 33.2 Å². The molecular formula is C63H117NO18. The summed E-state index contributed by atoms with van der Waals surface area (Å²) in [5, 5.41) is 120. The topological polar surface area (TPSA) is 307 Å². The number of unbranched alkanes of at least 4 members (excludes halogenated alkanes) is 29. The first kappa shape index (κ1) is 74.5. The molecule has 3 aliphatic rings. The molecular weight excluding hydrogens is 1060 g/mol. The third-order valence-electron chi connectivity index (χ3n) is 16.5. The highest BCUT2D eigenvalue weighted by atomic mass is 16.8. The van der Waals surface area contributed by atoms with Crippen LogP contribution in [0.3, 0.4) is 0 Å². The van der Waals surface area contributed by atoms with Gasteiger partial charge in [-0.1, -0.05) is 212 Å². The van der Waals surface area contributed by atoms with Crippen molar-refractivity contribution in [2.75, 3.05) is 26.4 Å². The van der Waals surface area contributed by atoms with E-state index >= 15 is 0 Å². The van der Waals surface area contributed by atoms with Crippen LogP contribution in [0.2, 0.25) is 0 Å². The maximum absolute atomic E-state index is 13.4. The molecule has 3 heterocycles. The number of ether oxygens (including phenoxy) is 6. The lowest BCUT2D eigenvalue weighted by molar-refractivity contribution is -0.379. The van der Waals surface area contributed by atoms with Crippen LogP contribution in [0, 0.1) is 0 Å². The number of hydrogen-bond donors (Lipinski definition) is 12. The first-order valence-electron chi connectivity index (χ1n) is 32.6. The number of hydrogen-bond acceptors (Lipinski definition) is 18. The molecule has 3 rings (SSSR count). The van der Waals surface area contributed by atoms with E-state index in [9.17, 15) is 61.0 Å². The van der Waals surface area contributed by atoms with Gasteiger partial charge < -0.3 is 89.9 Å². The lowest BCUT2D eigenvalue weighted by atomic mass is 9.96. The molecule has 19 nitrogen and oxygen atoms in total. The summed E-state index contributed by atoms with van der Waals surface area (Å²) in [5.41, 5.74) is 0. The van der Waals surface area contributed by atoms with Gasteiger partial charge in [-0.15, -0.1) is 0 Å². The Morgan fingerprint density at radius 1 is 0.439 bits per heavy atom. The van der Waals surface area contributed by atoms with Gasteiger partial charge in [-0.05, 0) is 44.9 Å². The van der Waals surface area contributed by atoms with Gasteiger partial charge in [0.15, 0.2) is 18.9 Å². The molecule has 0 aromatic rings. The SMILES string of the molecule is CCCCCC/C=C\C/C=C\CCCCCCCC(=O)NC(COC1OC(CO)C(OC2OC(CO)C(OC3OC(CO)C(O)C(O)C3O)C(O)C2O)C(O)C1O)C(O)CCCCCCCCCCCCCCCCCCCCCCC. The van der Waals surface area contributed by atoms with Crippen molar-refractivity contribution in [3.8, 4) is 0 Å². The van der Waals surface area contributed by atoms with Crippen molar-refractivity contribution in [3.05, 3.63) is 24.3 Å². The Morgan fingerprint density at radius 2 is 0.805 bits per heavy atom. The number of aliphatic hydroxyl groups is 11. The van der Waals surface area contributed by atoms with Crippen molar-refractivity contribution in [2.45, 2.75) is 343 Å². The Labute approximate surface area is 492 Å². The van der Waals surface area contributed by atoms with Crippen molar-refractivity contribution >= 4 is 5.91 Å². The Bertz CT molecular complexity index is 1590. The highest BCUT2D eigenvalue weighted by Gasteiger charge is 2.53. The van der Waals surface area contributed by atoms with Crippen molar-refractivity contribution in [3.63, 3.8) is 0 Å². The first-order chi connectivity index (χ1) is 39.8. The summed E-state index contributed by atoms with van der Waals surface area (Å²) in [6, 6.07) is -0.893. The van der Waals surface area contributed by atoms with E-state index in [0.717, 1.165) is 70.6 Å². The van der Waals surface area contributed by atoms with E-state index in [4.69, 9.17) is 28.4 Å². The Kier molecular flexibility index (Phi) is 42.2. The Morgan fingerprint density at radius 3 is 1.26 bits per heavy atom. The van der Waals surface area contributed by atoms with Gasteiger partial charge in [0.2, 0.25) is 5.91 Å². The van der Waals surface area contributed by atoms with Crippen molar-refractivity contribution in [1.82, 2.24) is 5.32 Å². The highest BCUT2D eigenvalue weighted by Crippen LogP contribution is 2.33. The van der Waals surface area contributed by atoms with E-state index < -0.39 is 124 Å². The van der Waals surface area contributed by atoms with Crippen LogP contribution in [0.5, 0.6) is 0 Å². The summed E-state index contributed by atoms with van der Waals surface area (Å²) in [7, 11) is 0. The molecule has 0 radical (unpaired) electrons. The molecule has 0 aromatic carbocycles. The summed E-state index contributed by atoms with van der Waals surface area (Å²) in [6.07, 6.45) is 22.5. The Balaban J connectivity index is 1.47. The fourth-order valence-corrected chi connectivity index (χ4v) is 11.2. The third kappa shape index (κ3) is 29.3. The standard InChI is InChI=1S/C63H117NO18/c1-3-5-7-9-11-13-15-17-19-21-22-23-24-25-26-28-30-32-34-36-38-40-47(68)46(64-51(69)41-39-37-35-33-31-29-27-20-18-16-14-12-10-8-6-4-2)45-77-61-57(75)54(72)59(49(43-66)79-61)82-63-58(76)55(73)60(50(44-67)80-63)81-62-56(74)53(71)52(70)48(42-65)78-62/h14,16,20,27,46-50,52-63,65-68,70-76H,3-13,15,17-19,21-26,28-45H2,1-2H3,(H,64,69)/b16-14-,27-20-. The van der Waals surface area contributed by atoms with E-state index in [-0.39, 0.29) is 18.9 Å². The molecule has 82 heavy (non-hydrogen) atoms. The van der Waals surface area contributed by atoms with Gasteiger partial charge >= 0.3 is 0 Å². The van der Waals surface area contributed by atoms with Gasteiger partial charge in [0, 0.05) is 6.42 Å². The van der Waals surface area contributed by atoms with Gasteiger partial charge in [0.1, 0.15) is 73.2 Å². The monoisotopic (exact) mass is 1180 g/mol. The van der Waals surface area contributed by atoms with Crippen LogP contribution in [0.15, 0.2) is 24.3 Å². The predicted molar refractivity (Wildman–Crippen MR) is 314 cm³/mol. The summed E-state index contributed by atoms with van der Waals surface area (Å²) in [4.78, 5) is 13.4. The van der Waals surface area contributed by atoms with Crippen molar-refractivity contribution in [2.24, 2.45) is 0 Å². The zero-order valence-corrected chi connectivity index (χ0v) is 50.5. The van der Waals surface area contributed by atoms with Crippen LogP contribution in [0.25, 0.3) is 0 Å². The molecule has 0 aliphatic carbocycles. The molecule has 0 saturated carbocycles. The predicted octanol–water partition coefficient (Wildman–Crippen LogP) is 7.10. The lowest BCUT2D eigenvalue weighted by Gasteiger charge is -2.48. The second-order valence-corrected chi connectivity index (χ2v) is 23.6. The number of carbonyl (C=O) groups excluding carboxylic acids is 1. The van der Waals surface area contributed by atoms with Crippen molar-refractivity contribution < 1.29 is 89.4 Å². The quantitative estimate of drug-likeness (QED) is 0.0213. The summed E-state index contributed by atoms with van der Waals surface area (Å²) < 4.78 is 34.4. The van der Waals surface area contributed by atoms with Crippen LogP contribution in [0.1, 0.15) is 239 Å². The van der Waals surface area contributed by atoms with Crippen LogP contribution in [-0.4, -0.2) is 193 Å². The number of amides is 1. The van der Waals surface area contributed by atoms with Gasteiger partial charge in [-0.25, -0.2) is 0 Å². The fourth-order valence-electron chi connectivity index (χ4n) is 11.2. The third-order valence-corrected chi connectivity index (χ3v) is 16.5. The normalized spacial score (nSPS) is 29.7. The molecule has 0 bridgehead atoms. The van der Waals surface area contributed by atoms with Crippen molar-refractivity contribution in [1.29, 1.82) is 0 Å². The average Bonchev–Trinajstić information content (AvgIpc) is 3.24. The molecule has 0 spiro atoms. The fraction of sp³-hybridized carbons (Fsp3) is 0.921.